The molecule has 3 aromatic rings. The largest absolute Gasteiger partial charge is 0.478 e. The SMILES string of the molecule is Cc1cc(OC(C)(C)C(=O)O)cc(C)c1Cn1nnn(-c2ccc(C(F)(F)F)c(Cl)c2)c1=O. The fourth-order valence-electron chi connectivity index (χ4n) is 3.15. The lowest BCUT2D eigenvalue weighted by atomic mass is 10.0. The molecule has 0 spiro atoms. The quantitative estimate of drug-likeness (QED) is 0.567. The maximum absolute atomic E-state index is 12.9. The van der Waals surface area contributed by atoms with Gasteiger partial charge in [-0.05, 0) is 85.1 Å². The Morgan fingerprint density at radius 1 is 1.12 bits per heavy atom. The second kappa shape index (κ2) is 8.54. The molecule has 0 fully saturated rings. The van der Waals surface area contributed by atoms with Crippen LogP contribution in [0, 0.1) is 13.8 Å². The Labute approximate surface area is 191 Å². The summed E-state index contributed by atoms with van der Waals surface area (Å²) >= 11 is 5.74. The maximum Gasteiger partial charge on any atom is 0.417 e. The van der Waals surface area contributed by atoms with Gasteiger partial charge in [-0.25, -0.2) is 9.59 Å². The Bertz CT molecular complexity index is 1260. The van der Waals surface area contributed by atoms with E-state index >= 15 is 0 Å². The number of hydrogen-bond acceptors (Lipinski definition) is 5. The summed E-state index contributed by atoms with van der Waals surface area (Å²) < 4.78 is 46.2. The highest BCUT2D eigenvalue weighted by Crippen LogP contribution is 2.35. The van der Waals surface area contributed by atoms with E-state index in [1.807, 2.05) is 0 Å². The van der Waals surface area contributed by atoms with Crippen molar-refractivity contribution in [2.75, 3.05) is 0 Å². The van der Waals surface area contributed by atoms with E-state index in [1.54, 1.807) is 26.0 Å². The van der Waals surface area contributed by atoms with Crippen LogP contribution in [-0.2, 0) is 17.5 Å². The van der Waals surface area contributed by atoms with Crippen LogP contribution in [-0.4, -0.2) is 36.5 Å². The number of nitrogens with zero attached hydrogens (tertiary/aromatic N) is 4. The zero-order valence-electron chi connectivity index (χ0n) is 18.1. The van der Waals surface area contributed by atoms with Crippen molar-refractivity contribution in [3.63, 3.8) is 0 Å². The monoisotopic (exact) mass is 484 g/mol. The molecular formula is C21H20ClF3N4O4. The first kappa shape index (κ1) is 24.3. The summed E-state index contributed by atoms with van der Waals surface area (Å²) in [5.41, 5.74) is -0.893. The summed E-state index contributed by atoms with van der Waals surface area (Å²) in [5, 5.41) is 16.2. The van der Waals surface area contributed by atoms with Crippen LogP contribution < -0.4 is 10.4 Å². The van der Waals surface area contributed by atoms with Gasteiger partial charge in [-0.2, -0.15) is 22.5 Å². The van der Waals surface area contributed by atoms with Crippen LogP contribution in [0.3, 0.4) is 0 Å². The molecule has 33 heavy (non-hydrogen) atoms. The third kappa shape index (κ3) is 5.03. The highest BCUT2D eigenvalue weighted by atomic mass is 35.5. The Kier molecular flexibility index (Phi) is 6.29. The zero-order valence-corrected chi connectivity index (χ0v) is 18.8. The van der Waals surface area contributed by atoms with Crippen molar-refractivity contribution in [2.45, 2.75) is 46.0 Å². The van der Waals surface area contributed by atoms with Crippen molar-refractivity contribution < 1.29 is 27.8 Å². The first-order valence-electron chi connectivity index (χ1n) is 9.63. The van der Waals surface area contributed by atoms with Gasteiger partial charge in [0.15, 0.2) is 5.60 Å². The van der Waals surface area contributed by atoms with E-state index in [0.29, 0.717) is 5.75 Å². The molecule has 176 valence electrons. The fourth-order valence-corrected chi connectivity index (χ4v) is 3.43. The normalized spacial score (nSPS) is 12.1. The standard InChI is InChI=1S/C21H20ClF3N4O4/c1-11-7-14(33-20(3,4)18(30)31)8-12(2)15(11)10-28-19(32)29(27-26-28)13-5-6-16(17(22)9-13)21(23,24)25/h5-9H,10H2,1-4H3,(H,30,31). The molecule has 0 amide bonds. The van der Waals surface area contributed by atoms with E-state index in [-0.39, 0.29) is 12.2 Å². The number of rotatable bonds is 6. The smallest absolute Gasteiger partial charge is 0.417 e. The molecule has 1 aromatic heterocycles. The maximum atomic E-state index is 12.9. The number of alkyl halides is 3. The topological polar surface area (TPSA) is 99.2 Å². The van der Waals surface area contributed by atoms with Crippen LogP contribution in [0.4, 0.5) is 13.2 Å². The lowest BCUT2D eigenvalue weighted by Gasteiger charge is -2.23. The first-order valence-corrected chi connectivity index (χ1v) is 10.0. The first-order chi connectivity index (χ1) is 15.2. The number of carbonyl (C=O) groups is 1. The van der Waals surface area contributed by atoms with Crippen molar-refractivity contribution in [1.82, 2.24) is 19.8 Å². The van der Waals surface area contributed by atoms with E-state index in [0.717, 1.165) is 44.3 Å². The minimum atomic E-state index is -4.62. The number of ether oxygens (including phenoxy) is 1. The molecule has 2 aromatic carbocycles. The number of aromatic nitrogens is 4. The van der Waals surface area contributed by atoms with Gasteiger partial charge < -0.3 is 9.84 Å². The molecule has 0 aliphatic rings. The molecule has 1 heterocycles. The average Bonchev–Trinajstić information content (AvgIpc) is 3.03. The molecule has 1 N–H and O–H groups in total. The number of hydrogen-bond donors (Lipinski definition) is 1. The van der Waals surface area contributed by atoms with Gasteiger partial charge in [0.2, 0.25) is 0 Å². The van der Waals surface area contributed by atoms with Gasteiger partial charge in [-0.3, -0.25) is 0 Å². The molecule has 8 nitrogen and oxygen atoms in total. The van der Waals surface area contributed by atoms with Crippen LogP contribution in [0.1, 0.15) is 36.1 Å². The summed E-state index contributed by atoms with van der Waals surface area (Å²) in [7, 11) is 0. The molecule has 0 saturated heterocycles. The molecule has 3 rings (SSSR count). The number of aryl methyl sites for hydroxylation is 2. The van der Waals surface area contributed by atoms with Crippen molar-refractivity contribution in [2.24, 2.45) is 0 Å². The number of carboxylic acid groups (broad SMARTS) is 1. The third-order valence-electron chi connectivity index (χ3n) is 5.01. The third-order valence-corrected chi connectivity index (χ3v) is 5.32. The lowest BCUT2D eigenvalue weighted by molar-refractivity contribution is -0.152. The van der Waals surface area contributed by atoms with Crippen LogP contribution in [0.25, 0.3) is 5.69 Å². The predicted octanol–water partition coefficient (Wildman–Crippen LogP) is 4.01. The van der Waals surface area contributed by atoms with E-state index in [9.17, 15) is 27.9 Å². The molecule has 0 radical (unpaired) electrons. The Morgan fingerprint density at radius 2 is 1.73 bits per heavy atom. The molecule has 0 aliphatic carbocycles. The Hall–Kier alpha value is -3.34. The van der Waals surface area contributed by atoms with Gasteiger partial charge in [0.25, 0.3) is 0 Å². The number of aliphatic carboxylic acids is 1. The minimum absolute atomic E-state index is 0.0352. The van der Waals surface area contributed by atoms with Crippen LogP contribution in [0.15, 0.2) is 35.1 Å². The van der Waals surface area contributed by atoms with E-state index in [1.165, 1.54) is 13.8 Å². The average molecular weight is 485 g/mol. The molecule has 0 aliphatic heterocycles. The second-order valence-corrected chi connectivity index (χ2v) is 8.35. The van der Waals surface area contributed by atoms with Gasteiger partial charge in [-0.1, -0.05) is 11.6 Å². The molecule has 12 heteroatoms. The van der Waals surface area contributed by atoms with Crippen LogP contribution in [0.5, 0.6) is 5.75 Å². The second-order valence-electron chi connectivity index (χ2n) is 7.95. The number of benzene rings is 2. The van der Waals surface area contributed by atoms with Gasteiger partial charge in [0, 0.05) is 0 Å². The molecule has 0 saturated carbocycles. The molecule has 0 bridgehead atoms. The van der Waals surface area contributed by atoms with Gasteiger partial charge in [0.05, 0.1) is 22.8 Å². The summed E-state index contributed by atoms with van der Waals surface area (Å²) in [4.78, 5) is 24.1. The van der Waals surface area contributed by atoms with Gasteiger partial charge in [0.1, 0.15) is 5.75 Å². The fraction of sp³-hybridized carbons (Fsp3) is 0.333. The highest BCUT2D eigenvalue weighted by molar-refractivity contribution is 6.31. The Balaban J connectivity index is 1.90. The Morgan fingerprint density at radius 3 is 2.24 bits per heavy atom. The van der Waals surface area contributed by atoms with E-state index < -0.39 is 34.0 Å². The summed E-state index contributed by atoms with van der Waals surface area (Å²) in [6, 6.07) is 6.16. The van der Waals surface area contributed by atoms with E-state index in [2.05, 4.69) is 10.4 Å². The molecular weight excluding hydrogens is 465 g/mol. The summed E-state index contributed by atoms with van der Waals surface area (Å²) in [6.07, 6.45) is -4.62. The van der Waals surface area contributed by atoms with Gasteiger partial charge >= 0.3 is 17.8 Å². The number of carboxylic acids is 1. The van der Waals surface area contributed by atoms with Crippen molar-refractivity contribution in [1.29, 1.82) is 0 Å². The number of tetrazole rings is 1. The highest BCUT2D eigenvalue weighted by Gasteiger charge is 2.33. The van der Waals surface area contributed by atoms with Crippen molar-refractivity contribution in [3.8, 4) is 11.4 Å². The van der Waals surface area contributed by atoms with E-state index in [4.69, 9.17) is 16.3 Å². The predicted molar refractivity (Wildman–Crippen MR) is 113 cm³/mol. The van der Waals surface area contributed by atoms with Crippen molar-refractivity contribution >= 4 is 17.6 Å². The van der Waals surface area contributed by atoms with Crippen molar-refractivity contribution in [3.05, 3.63) is 68.1 Å². The summed E-state index contributed by atoms with van der Waals surface area (Å²) in [5.74, 6) is -0.759. The molecule has 0 atom stereocenters. The number of halogens is 4. The van der Waals surface area contributed by atoms with Gasteiger partial charge in [-0.15, -0.1) is 0 Å². The minimum Gasteiger partial charge on any atom is -0.478 e. The van der Waals surface area contributed by atoms with Crippen LogP contribution >= 0.6 is 11.6 Å². The lowest BCUT2D eigenvalue weighted by Crippen LogP contribution is -2.37. The molecule has 0 unspecified atom stereocenters. The summed E-state index contributed by atoms with van der Waals surface area (Å²) in [6.45, 7) is 6.44. The zero-order chi connectivity index (χ0) is 24.7. The van der Waals surface area contributed by atoms with Crippen LogP contribution in [0.2, 0.25) is 5.02 Å².